The van der Waals surface area contributed by atoms with Crippen LogP contribution in [0.2, 0.25) is 0 Å². The molecule has 4 nitrogen and oxygen atoms in total. The maximum Gasteiger partial charge on any atom is 0.534 e. The van der Waals surface area contributed by atoms with Crippen molar-refractivity contribution >= 4 is 48.2 Å². The van der Waals surface area contributed by atoms with Crippen LogP contribution in [0.15, 0.2) is 65.1 Å². The second-order valence-corrected chi connectivity index (χ2v) is 7.59. The topological polar surface area (TPSA) is 55.4 Å². The number of nitrogens with one attached hydrogen (secondary N) is 1. The van der Waals surface area contributed by atoms with E-state index >= 15 is 0 Å². The standard InChI is InChI=1S/C17H11BrF3NO3S/c18-16-14(25-26(23,24)17(19,20)21)10-9-11-5-4-8-13(15(11)16)22-12-6-2-1-3-7-12/h1-10,22H. The summed E-state index contributed by atoms with van der Waals surface area (Å²) in [7, 11) is -5.76. The number of rotatable bonds is 4. The molecule has 9 heteroatoms. The zero-order valence-electron chi connectivity index (χ0n) is 12.9. The van der Waals surface area contributed by atoms with Crippen LogP contribution in [0.4, 0.5) is 24.5 Å². The van der Waals surface area contributed by atoms with Gasteiger partial charge < -0.3 is 9.50 Å². The third kappa shape index (κ3) is 3.63. The molecule has 26 heavy (non-hydrogen) atoms. The third-order valence-electron chi connectivity index (χ3n) is 3.48. The Morgan fingerprint density at radius 1 is 0.923 bits per heavy atom. The zero-order chi connectivity index (χ0) is 18.9. The van der Waals surface area contributed by atoms with Crippen LogP contribution in [0.1, 0.15) is 0 Å². The van der Waals surface area contributed by atoms with Gasteiger partial charge in [-0.3, -0.25) is 0 Å². The summed E-state index contributed by atoms with van der Waals surface area (Å²) in [4.78, 5) is 0. The second-order valence-electron chi connectivity index (χ2n) is 5.26. The molecule has 3 aromatic carbocycles. The van der Waals surface area contributed by atoms with Gasteiger partial charge in [-0.25, -0.2) is 0 Å². The minimum absolute atomic E-state index is 0.0989. The van der Waals surface area contributed by atoms with Crippen LogP contribution in [0.3, 0.4) is 0 Å². The number of hydrogen-bond acceptors (Lipinski definition) is 4. The minimum Gasteiger partial charge on any atom is -0.375 e. The summed E-state index contributed by atoms with van der Waals surface area (Å²) in [6.45, 7) is 0. The summed E-state index contributed by atoms with van der Waals surface area (Å²) < 4.78 is 64.8. The van der Waals surface area contributed by atoms with Crippen molar-refractivity contribution in [3.8, 4) is 5.75 Å². The highest BCUT2D eigenvalue weighted by Gasteiger charge is 2.48. The summed E-state index contributed by atoms with van der Waals surface area (Å²) in [6, 6.07) is 17.0. The molecule has 136 valence electrons. The number of para-hydroxylation sites is 1. The van der Waals surface area contributed by atoms with Gasteiger partial charge in [0.1, 0.15) is 0 Å². The average molecular weight is 446 g/mol. The highest BCUT2D eigenvalue weighted by molar-refractivity contribution is 9.10. The predicted molar refractivity (Wildman–Crippen MR) is 97.0 cm³/mol. The van der Waals surface area contributed by atoms with Crippen LogP contribution >= 0.6 is 15.9 Å². The lowest BCUT2D eigenvalue weighted by molar-refractivity contribution is -0.0500. The van der Waals surface area contributed by atoms with Crippen LogP contribution in [0.5, 0.6) is 5.75 Å². The molecule has 0 aliphatic heterocycles. The van der Waals surface area contributed by atoms with E-state index in [1.165, 1.54) is 12.1 Å². The lowest BCUT2D eigenvalue weighted by atomic mass is 10.1. The normalized spacial score (nSPS) is 12.2. The van der Waals surface area contributed by atoms with Gasteiger partial charge in [-0.1, -0.05) is 36.4 Å². The van der Waals surface area contributed by atoms with Gasteiger partial charge in [-0.2, -0.15) is 21.6 Å². The number of halogens is 4. The molecule has 3 rings (SSSR count). The van der Waals surface area contributed by atoms with Crippen molar-refractivity contribution in [2.45, 2.75) is 5.51 Å². The van der Waals surface area contributed by atoms with Gasteiger partial charge in [0, 0.05) is 16.8 Å². The molecule has 0 unspecified atom stereocenters. The van der Waals surface area contributed by atoms with Crippen LogP contribution in [0.25, 0.3) is 10.8 Å². The molecule has 0 aliphatic carbocycles. The smallest absolute Gasteiger partial charge is 0.375 e. The van der Waals surface area contributed by atoms with Crippen molar-refractivity contribution in [2.24, 2.45) is 0 Å². The lowest BCUT2D eigenvalue weighted by Gasteiger charge is -2.15. The summed E-state index contributed by atoms with van der Waals surface area (Å²) in [5.74, 6) is -0.447. The molecule has 0 heterocycles. The van der Waals surface area contributed by atoms with E-state index in [1.807, 2.05) is 30.3 Å². The molecular formula is C17H11BrF3NO3S. The largest absolute Gasteiger partial charge is 0.534 e. The maximum atomic E-state index is 12.6. The highest BCUT2D eigenvalue weighted by Crippen LogP contribution is 2.40. The van der Waals surface area contributed by atoms with E-state index in [-0.39, 0.29) is 4.47 Å². The molecule has 0 saturated carbocycles. The Morgan fingerprint density at radius 2 is 1.62 bits per heavy atom. The van der Waals surface area contributed by atoms with Crippen LogP contribution in [-0.4, -0.2) is 13.9 Å². The Balaban J connectivity index is 2.09. The van der Waals surface area contributed by atoms with Crippen molar-refractivity contribution in [3.63, 3.8) is 0 Å². The number of fused-ring (bicyclic) bond motifs is 1. The predicted octanol–water partition coefficient (Wildman–Crippen LogP) is 5.57. The fourth-order valence-electron chi connectivity index (χ4n) is 2.33. The first-order chi connectivity index (χ1) is 12.2. The number of benzene rings is 3. The van der Waals surface area contributed by atoms with E-state index in [1.54, 1.807) is 18.2 Å². The molecule has 0 bridgehead atoms. The van der Waals surface area contributed by atoms with Gasteiger partial charge in [0.2, 0.25) is 0 Å². The van der Waals surface area contributed by atoms with E-state index < -0.39 is 21.4 Å². The molecule has 0 aliphatic rings. The number of anilines is 2. The van der Waals surface area contributed by atoms with E-state index in [0.717, 1.165) is 5.69 Å². The summed E-state index contributed by atoms with van der Waals surface area (Å²) >= 11 is 3.17. The Labute approximate surface area is 155 Å². The molecule has 0 radical (unpaired) electrons. The van der Waals surface area contributed by atoms with E-state index in [2.05, 4.69) is 25.4 Å². The molecule has 0 amide bonds. The summed E-state index contributed by atoms with van der Waals surface area (Å²) in [6.07, 6.45) is 0. The van der Waals surface area contributed by atoms with Gasteiger partial charge >= 0.3 is 15.6 Å². The highest BCUT2D eigenvalue weighted by atomic mass is 79.9. The molecule has 0 saturated heterocycles. The quantitative estimate of drug-likeness (QED) is 0.421. The van der Waals surface area contributed by atoms with Crippen molar-refractivity contribution in [2.75, 3.05) is 5.32 Å². The molecule has 1 N–H and O–H groups in total. The zero-order valence-corrected chi connectivity index (χ0v) is 15.3. The average Bonchev–Trinajstić information content (AvgIpc) is 2.57. The lowest BCUT2D eigenvalue weighted by Crippen LogP contribution is -2.28. The Hall–Kier alpha value is -2.26. The number of hydrogen-bond donors (Lipinski definition) is 1. The van der Waals surface area contributed by atoms with Crippen LogP contribution in [0, 0.1) is 0 Å². The molecule has 0 fully saturated rings. The first-order valence-electron chi connectivity index (χ1n) is 7.23. The van der Waals surface area contributed by atoms with Gasteiger partial charge in [0.25, 0.3) is 0 Å². The SMILES string of the molecule is O=S(=O)(Oc1ccc2cccc(Nc3ccccc3)c2c1Br)C(F)(F)F. The Bertz CT molecular complexity index is 1050. The van der Waals surface area contributed by atoms with Crippen molar-refractivity contribution in [1.82, 2.24) is 0 Å². The maximum absolute atomic E-state index is 12.6. The van der Waals surface area contributed by atoms with Gasteiger partial charge in [0.15, 0.2) is 5.75 Å². The summed E-state index contributed by atoms with van der Waals surface area (Å²) in [5.41, 5.74) is -4.17. The van der Waals surface area contributed by atoms with Crippen LogP contribution < -0.4 is 9.50 Å². The number of alkyl halides is 3. The molecule has 0 aromatic heterocycles. The third-order valence-corrected chi connectivity index (χ3v) is 5.24. The second kappa shape index (κ2) is 6.81. The first-order valence-corrected chi connectivity index (χ1v) is 9.43. The van der Waals surface area contributed by atoms with E-state index in [4.69, 9.17) is 0 Å². The fourth-order valence-corrected chi connectivity index (χ4v) is 3.56. The fraction of sp³-hybridized carbons (Fsp3) is 0.0588. The van der Waals surface area contributed by atoms with Gasteiger partial charge in [0.05, 0.1) is 4.47 Å². The van der Waals surface area contributed by atoms with Crippen molar-refractivity contribution < 1.29 is 25.8 Å². The molecule has 0 atom stereocenters. The first kappa shape index (κ1) is 18.5. The summed E-state index contributed by atoms with van der Waals surface area (Å²) in [5, 5.41) is 4.33. The monoisotopic (exact) mass is 445 g/mol. The molecule has 0 spiro atoms. The van der Waals surface area contributed by atoms with Gasteiger partial charge in [-0.15, -0.1) is 0 Å². The Morgan fingerprint density at radius 3 is 2.27 bits per heavy atom. The molecular weight excluding hydrogens is 435 g/mol. The molecule has 3 aromatic rings. The van der Waals surface area contributed by atoms with Gasteiger partial charge in [-0.05, 0) is 45.6 Å². The van der Waals surface area contributed by atoms with Crippen LogP contribution in [-0.2, 0) is 10.1 Å². The van der Waals surface area contributed by atoms with E-state index in [0.29, 0.717) is 16.5 Å². The van der Waals surface area contributed by atoms with Crippen molar-refractivity contribution in [3.05, 3.63) is 65.1 Å². The minimum atomic E-state index is -5.76. The van der Waals surface area contributed by atoms with E-state index in [9.17, 15) is 21.6 Å². The van der Waals surface area contributed by atoms with Crippen molar-refractivity contribution in [1.29, 1.82) is 0 Å². The Kier molecular flexibility index (Phi) is 4.85.